The number of nitrogens with one attached hydrogen (secondary N) is 1. The lowest BCUT2D eigenvalue weighted by molar-refractivity contribution is -0.126. The number of hydrogen-bond acceptors (Lipinski definition) is 2. The van der Waals surface area contributed by atoms with E-state index in [9.17, 15) is 13.6 Å². The molecule has 0 aromatic heterocycles. The number of ether oxygens (including phenoxy) is 1. The summed E-state index contributed by atoms with van der Waals surface area (Å²) >= 11 is 0. The lowest BCUT2D eigenvalue weighted by Crippen LogP contribution is -2.40. The minimum atomic E-state index is -0.744. The number of carbonyl (C=O) groups is 1. The van der Waals surface area contributed by atoms with Crippen molar-refractivity contribution >= 4 is 5.91 Å². The van der Waals surface area contributed by atoms with E-state index in [0.29, 0.717) is 0 Å². The smallest absolute Gasteiger partial charge is 0.223 e. The summed E-state index contributed by atoms with van der Waals surface area (Å²) in [4.78, 5) is 12.0. The van der Waals surface area contributed by atoms with Gasteiger partial charge in [-0.15, -0.1) is 0 Å². The quantitative estimate of drug-likeness (QED) is 0.847. The number of amides is 1. The van der Waals surface area contributed by atoms with E-state index < -0.39 is 11.6 Å². The molecule has 1 N–H and O–H groups in total. The van der Waals surface area contributed by atoms with Gasteiger partial charge in [0.15, 0.2) is 11.6 Å². The molecule has 2 rings (SSSR count). The Hall–Kier alpha value is -1.91. The second-order valence-corrected chi connectivity index (χ2v) is 5.28. The van der Waals surface area contributed by atoms with Crippen LogP contribution < -0.4 is 10.1 Å². The third kappa shape index (κ3) is 4.55. The summed E-state index contributed by atoms with van der Waals surface area (Å²) in [6.45, 7) is 1.93. The summed E-state index contributed by atoms with van der Waals surface area (Å²) in [6, 6.07) is 2.90. The van der Waals surface area contributed by atoms with Gasteiger partial charge in [0.2, 0.25) is 5.91 Å². The fraction of sp³-hybridized carbons (Fsp3) is 0.438. The zero-order valence-corrected chi connectivity index (χ0v) is 11.9. The van der Waals surface area contributed by atoms with Crippen LogP contribution in [0, 0.1) is 17.6 Å². The molecule has 1 aliphatic carbocycles. The fourth-order valence-electron chi connectivity index (χ4n) is 2.24. The van der Waals surface area contributed by atoms with Crippen LogP contribution in [0.5, 0.6) is 5.75 Å². The Morgan fingerprint density at radius 1 is 1.43 bits per heavy atom. The molecule has 5 heteroatoms. The van der Waals surface area contributed by atoms with Gasteiger partial charge < -0.3 is 10.1 Å². The highest BCUT2D eigenvalue weighted by atomic mass is 19.1. The first kappa shape index (κ1) is 15.5. The maximum Gasteiger partial charge on any atom is 0.223 e. The van der Waals surface area contributed by atoms with Gasteiger partial charge in [-0.3, -0.25) is 4.79 Å². The van der Waals surface area contributed by atoms with Gasteiger partial charge in [-0.2, -0.15) is 0 Å². The molecule has 1 aromatic rings. The van der Waals surface area contributed by atoms with Crippen molar-refractivity contribution in [1.29, 1.82) is 0 Å². The second-order valence-electron chi connectivity index (χ2n) is 5.28. The van der Waals surface area contributed by atoms with Crippen LogP contribution in [-0.4, -0.2) is 18.6 Å². The number of halogens is 2. The molecule has 0 spiro atoms. The predicted molar refractivity (Wildman–Crippen MR) is 75.9 cm³/mol. The first-order valence-corrected chi connectivity index (χ1v) is 7.09. The van der Waals surface area contributed by atoms with Gasteiger partial charge in [0.1, 0.15) is 12.4 Å². The van der Waals surface area contributed by atoms with Gasteiger partial charge in [0.05, 0.1) is 6.04 Å². The Bertz CT molecular complexity index is 531. The maximum absolute atomic E-state index is 13.4. The van der Waals surface area contributed by atoms with Crippen molar-refractivity contribution in [3.05, 3.63) is 42.0 Å². The molecule has 2 atom stereocenters. The number of rotatable bonds is 5. The van der Waals surface area contributed by atoms with Crippen LogP contribution in [0.25, 0.3) is 0 Å². The third-order valence-electron chi connectivity index (χ3n) is 3.41. The lowest BCUT2D eigenvalue weighted by atomic mass is 9.93. The van der Waals surface area contributed by atoms with Gasteiger partial charge in [0.25, 0.3) is 0 Å². The summed E-state index contributed by atoms with van der Waals surface area (Å²) in [6.07, 6.45) is 6.62. The topological polar surface area (TPSA) is 38.3 Å². The zero-order valence-electron chi connectivity index (χ0n) is 11.9. The molecule has 0 radical (unpaired) electrons. The highest BCUT2D eigenvalue weighted by molar-refractivity contribution is 5.79. The van der Waals surface area contributed by atoms with Crippen LogP contribution in [0.2, 0.25) is 0 Å². The van der Waals surface area contributed by atoms with Crippen LogP contribution in [0.3, 0.4) is 0 Å². The Morgan fingerprint density at radius 2 is 2.24 bits per heavy atom. The van der Waals surface area contributed by atoms with Crippen LogP contribution in [0.15, 0.2) is 30.4 Å². The first-order chi connectivity index (χ1) is 10.1. The zero-order chi connectivity index (χ0) is 15.2. The normalized spacial score (nSPS) is 19.1. The second kappa shape index (κ2) is 7.20. The van der Waals surface area contributed by atoms with Crippen molar-refractivity contribution in [3.8, 4) is 5.75 Å². The van der Waals surface area contributed by atoms with Crippen molar-refractivity contribution in [2.75, 3.05) is 6.61 Å². The molecule has 0 heterocycles. The third-order valence-corrected chi connectivity index (χ3v) is 3.41. The van der Waals surface area contributed by atoms with E-state index in [1.54, 1.807) is 6.92 Å². The van der Waals surface area contributed by atoms with Crippen molar-refractivity contribution < 1.29 is 18.3 Å². The van der Waals surface area contributed by atoms with Crippen molar-refractivity contribution in [2.24, 2.45) is 5.92 Å². The van der Waals surface area contributed by atoms with E-state index in [4.69, 9.17) is 4.74 Å². The summed E-state index contributed by atoms with van der Waals surface area (Å²) in [5.74, 6) is -1.41. The number of hydrogen-bond donors (Lipinski definition) is 1. The molecule has 0 bridgehead atoms. The van der Waals surface area contributed by atoms with E-state index in [0.717, 1.165) is 31.4 Å². The average Bonchev–Trinajstić information content (AvgIpc) is 2.47. The fourth-order valence-corrected chi connectivity index (χ4v) is 2.24. The lowest BCUT2D eigenvalue weighted by Gasteiger charge is -2.21. The molecule has 0 fully saturated rings. The van der Waals surface area contributed by atoms with E-state index in [1.807, 2.05) is 6.08 Å². The highest BCUT2D eigenvalue weighted by Gasteiger charge is 2.20. The average molecular weight is 295 g/mol. The molecule has 0 saturated heterocycles. The predicted octanol–water partition coefficient (Wildman–Crippen LogP) is 3.20. The Labute approximate surface area is 123 Å². The number of carbonyl (C=O) groups excluding carboxylic acids is 1. The summed E-state index contributed by atoms with van der Waals surface area (Å²) in [5, 5.41) is 2.86. The monoisotopic (exact) mass is 295 g/mol. The van der Waals surface area contributed by atoms with Crippen molar-refractivity contribution in [2.45, 2.75) is 32.2 Å². The standard InChI is InChI=1S/C16H19F2NO2/c1-11(19-16(20)12-5-3-2-4-6-12)10-21-15-8-7-13(17)9-14(15)18/h2-3,7-9,11-12H,4-6,10H2,1H3,(H,19,20)/t11-,12+/m0/s1. The van der Waals surface area contributed by atoms with Crippen molar-refractivity contribution in [3.63, 3.8) is 0 Å². The van der Waals surface area contributed by atoms with Crippen molar-refractivity contribution in [1.82, 2.24) is 5.32 Å². The molecular weight excluding hydrogens is 276 g/mol. The molecule has 1 aromatic carbocycles. The van der Waals surface area contributed by atoms with Gasteiger partial charge in [-0.1, -0.05) is 12.2 Å². The summed E-state index contributed by atoms with van der Waals surface area (Å²) in [5.41, 5.74) is 0. The molecular formula is C16H19F2NO2. The molecule has 1 aliphatic rings. The van der Waals surface area contributed by atoms with Crippen LogP contribution in [0.1, 0.15) is 26.2 Å². The SMILES string of the molecule is C[C@@H](COc1ccc(F)cc1F)NC(=O)[C@@H]1CC=CCC1. The minimum absolute atomic E-state index is 0.00000672. The Balaban J connectivity index is 1.80. The summed E-state index contributed by atoms with van der Waals surface area (Å²) in [7, 11) is 0. The number of allylic oxidation sites excluding steroid dienone is 2. The van der Waals surface area contributed by atoms with Crippen LogP contribution >= 0.6 is 0 Å². The first-order valence-electron chi connectivity index (χ1n) is 7.09. The van der Waals surface area contributed by atoms with Gasteiger partial charge in [0, 0.05) is 12.0 Å². The number of benzene rings is 1. The Morgan fingerprint density at radius 3 is 2.90 bits per heavy atom. The summed E-state index contributed by atoms with van der Waals surface area (Å²) < 4.78 is 31.4. The van der Waals surface area contributed by atoms with E-state index >= 15 is 0 Å². The maximum atomic E-state index is 13.4. The van der Waals surface area contributed by atoms with Gasteiger partial charge in [-0.25, -0.2) is 8.78 Å². The van der Waals surface area contributed by atoms with Gasteiger partial charge >= 0.3 is 0 Å². The van der Waals surface area contributed by atoms with Gasteiger partial charge in [-0.05, 0) is 38.3 Å². The largest absolute Gasteiger partial charge is 0.488 e. The Kier molecular flexibility index (Phi) is 5.31. The molecule has 1 amide bonds. The highest BCUT2D eigenvalue weighted by Crippen LogP contribution is 2.19. The molecule has 0 aliphatic heterocycles. The van der Waals surface area contributed by atoms with E-state index in [2.05, 4.69) is 11.4 Å². The minimum Gasteiger partial charge on any atom is -0.488 e. The molecule has 3 nitrogen and oxygen atoms in total. The molecule has 114 valence electrons. The van der Waals surface area contributed by atoms with Crippen LogP contribution in [0.4, 0.5) is 8.78 Å². The van der Waals surface area contributed by atoms with Crippen LogP contribution in [-0.2, 0) is 4.79 Å². The van der Waals surface area contributed by atoms with E-state index in [-0.39, 0.29) is 30.2 Å². The molecule has 21 heavy (non-hydrogen) atoms. The molecule has 0 unspecified atom stereocenters. The van der Waals surface area contributed by atoms with E-state index in [1.165, 1.54) is 6.07 Å². The molecule has 0 saturated carbocycles.